The van der Waals surface area contributed by atoms with Crippen molar-refractivity contribution in [1.82, 2.24) is 5.06 Å². The molecule has 0 unspecified atom stereocenters. The van der Waals surface area contributed by atoms with Crippen LogP contribution in [-0.4, -0.2) is 82.6 Å². The number of rotatable bonds is 18. The Morgan fingerprint density at radius 1 is 0.682 bits per heavy atom. The second-order valence-corrected chi connectivity index (χ2v) is 5.31. The van der Waals surface area contributed by atoms with Crippen LogP contribution in [0.15, 0.2) is 0 Å². The molecule has 0 heterocycles. The quantitative estimate of drug-likeness (QED) is 0.234. The Balaban J connectivity index is 2.94. The first-order valence-corrected chi connectivity index (χ1v) is 8.57. The van der Waals surface area contributed by atoms with Gasteiger partial charge in [-0.2, -0.15) is 5.06 Å². The lowest BCUT2D eigenvalue weighted by Crippen LogP contribution is -2.20. The minimum atomic E-state index is 0.496. The highest BCUT2D eigenvalue weighted by Crippen LogP contribution is 2.00. The van der Waals surface area contributed by atoms with E-state index in [-0.39, 0.29) is 0 Å². The van der Waals surface area contributed by atoms with Crippen LogP contribution >= 0.6 is 11.6 Å². The maximum atomic E-state index is 8.87. The lowest BCUT2D eigenvalue weighted by atomic mass is 10.2. The van der Waals surface area contributed by atoms with Crippen molar-refractivity contribution in [3.63, 3.8) is 0 Å². The van der Waals surface area contributed by atoms with Gasteiger partial charge in [-0.3, -0.25) is 0 Å². The third kappa shape index (κ3) is 20.1. The molecule has 0 bridgehead atoms. The summed E-state index contributed by atoms with van der Waals surface area (Å²) in [4.78, 5) is 0. The van der Waals surface area contributed by atoms with Crippen LogP contribution in [0.4, 0.5) is 0 Å². The Hall–Kier alpha value is 0.0500. The van der Waals surface area contributed by atoms with Gasteiger partial charge < -0.3 is 24.2 Å². The summed E-state index contributed by atoms with van der Waals surface area (Å²) in [6.07, 6.45) is 4.54. The average Bonchev–Trinajstić information content (AvgIpc) is 2.50. The van der Waals surface area contributed by atoms with Crippen molar-refractivity contribution in [1.29, 1.82) is 0 Å². The normalized spacial score (nSPS) is 11.5. The predicted octanol–water partition coefficient (Wildman–Crippen LogP) is 2.17. The van der Waals surface area contributed by atoms with E-state index in [4.69, 9.17) is 35.8 Å². The van der Waals surface area contributed by atoms with Gasteiger partial charge >= 0.3 is 0 Å². The second-order valence-electron chi connectivity index (χ2n) is 4.93. The van der Waals surface area contributed by atoms with Crippen molar-refractivity contribution in [2.45, 2.75) is 25.7 Å². The van der Waals surface area contributed by atoms with Crippen molar-refractivity contribution in [3.8, 4) is 0 Å². The van der Waals surface area contributed by atoms with Gasteiger partial charge in [0.15, 0.2) is 0 Å². The summed E-state index contributed by atoms with van der Waals surface area (Å²) in [5, 5.41) is 9.96. The molecule has 22 heavy (non-hydrogen) atoms. The van der Waals surface area contributed by atoms with Gasteiger partial charge in [0.25, 0.3) is 0 Å². The number of hydrogen-bond acceptors (Lipinski definition) is 6. The number of hydroxylamine groups is 2. The molecule has 0 fully saturated rings. The highest BCUT2D eigenvalue weighted by atomic mass is 35.5. The number of unbranched alkanes of at least 4 members (excludes halogenated alkanes) is 3. The number of hydrogen-bond donors (Lipinski definition) is 1. The van der Waals surface area contributed by atoms with Crippen molar-refractivity contribution in [3.05, 3.63) is 0 Å². The SMILES string of the molecule is CN(O)CCOCCOCCOCCOCCCCCCCl. The van der Waals surface area contributed by atoms with Crippen molar-refractivity contribution >= 4 is 11.6 Å². The third-order valence-electron chi connectivity index (χ3n) is 2.85. The van der Waals surface area contributed by atoms with Crippen LogP contribution in [0.3, 0.4) is 0 Å². The fraction of sp³-hybridized carbons (Fsp3) is 1.00. The molecule has 0 atom stereocenters. The molecule has 0 aromatic heterocycles. The molecule has 0 aliphatic carbocycles. The molecule has 0 rings (SSSR count). The average molecular weight is 342 g/mol. The number of nitrogens with zero attached hydrogens (tertiary/aromatic N) is 1. The zero-order valence-corrected chi connectivity index (χ0v) is 14.6. The molecule has 0 aromatic rings. The molecule has 0 aromatic carbocycles. The van der Waals surface area contributed by atoms with Gasteiger partial charge in [0.05, 0.1) is 46.2 Å². The molecule has 0 radical (unpaired) electrons. The molecule has 0 aliphatic heterocycles. The lowest BCUT2D eigenvalue weighted by molar-refractivity contribution is -0.0836. The van der Waals surface area contributed by atoms with Crippen LogP contribution in [0.5, 0.6) is 0 Å². The van der Waals surface area contributed by atoms with E-state index in [0.717, 1.165) is 30.4 Å². The summed E-state index contributed by atoms with van der Waals surface area (Å²) in [6.45, 7) is 5.21. The van der Waals surface area contributed by atoms with E-state index >= 15 is 0 Å². The Kier molecular flexibility index (Phi) is 19.1. The fourth-order valence-corrected chi connectivity index (χ4v) is 1.80. The maximum Gasteiger partial charge on any atom is 0.0701 e. The first kappa shape index (κ1) is 22.1. The zero-order valence-electron chi connectivity index (χ0n) is 13.8. The van der Waals surface area contributed by atoms with Crippen molar-refractivity contribution in [2.24, 2.45) is 0 Å². The molecule has 6 nitrogen and oxygen atoms in total. The van der Waals surface area contributed by atoms with Crippen LogP contribution in [-0.2, 0) is 18.9 Å². The molecule has 7 heteroatoms. The molecule has 134 valence electrons. The van der Waals surface area contributed by atoms with Crippen LogP contribution in [0, 0.1) is 0 Å². The smallest absolute Gasteiger partial charge is 0.0701 e. The zero-order chi connectivity index (χ0) is 16.3. The molecule has 1 N–H and O–H groups in total. The summed E-state index contributed by atoms with van der Waals surface area (Å²) in [5.74, 6) is 0.753. The molecular weight excluding hydrogens is 310 g/mol. The molecule has 0 aliphatic rings. The Morgan fingerprint density at radius 3 is 1.64 bits per heavy atom. The molecule has 0 spiro atoms. The van der Waals surface area contributed by atoms with E-state index < -0.39 is 0 Å². The number of likely N-dealkylation sites (N-methyl/N-ethyl adjacent to an activating group) is 1. The topological polar surface area (TPSA) is 60.4 Å². The maximum absolute atomic E-state index is 8.87. The lowest BCUT2D eigenvalue weighted by Gasteiger charge is -2.09. The van der Waals surface area contributed by atoms with Gasteiger partial charge in [-0.15, -0.1) is 11.6 Å². The van der Waals surface area contributed by atoms with Crippen LogP contribution in [0.25, 0.3) is 0 Å². The predicted molar refractivity (Wildman–Crippen MR) is 86.9 cm³/mol. The third-order valence-corrected chi connectivity index (χ3v) is 3.11. The summed E-state index contributed by atoms with van der Waals surface area (Å²) in [6, 6.07) is 0. The van der Waals surface area contributed by atoms with Gasteiger partial charge in [-0.05, 0) is 12.8 Å². The van der Waals surface area contributed by atoms with E-state index in [1.54, 1.807) is 7.05 Å². The Morgan fingerprint density at radius 2 is 1.14 bits per heavy atom. The van der Waals surface area contributed by atoms with Crippen LogP contribution in [0.2, 0.25) is 0 Å². The Labute approximate surface area is 139 Å². The minimum absolute atomic E-state index is 0.496. The van der Waals surface area contributed by atoms with Crippen molar-refractivity contribution in [2.75, 3.05) is 72.3 Å². The summed E-state index contributed by atoms with van der Waals surface area (Å²) < 4.78 is 21.5. The molecule has 0 saturated carbocycles. The van der Waals surface area contributed by atoms with Crippen LogP contribution in [0.1, 0.15) is 25.7 Å². The number of alkyl halides is 1. The van der Waals surface area contributed by atoms with E-state index in [1.165, 1.54) is 12.8 Å². The highest BCUT2D eigenvalue weighted by molar-refractivity contribution is 6.17. The van der Waals surface area contributed by atoms with E-state index in [2.05, 4.69) is 0 Å². The Bertz CT molecular complexity index is 210. The van der Waals surface area contributed by atoms with Gasteiger partial charge in [0, 0.05) is 26.1 Å². The van der Waals surface area contributed by atoms with Gasteiger partial charge in [0.1, 0.15) is 0 Å². The minimum Gasteiger partial charge on any atom is -0.379 e. The monoisotopic (exact) mass is 341 g/mol. The largest absolute Gasteiger partial charge is 0.379 e. The highest BCUT2D eigenvalue weighted by Gasteiger charge is 1.94. The first-order valence-electron chi connectivity index (χ1n) is 8.04. The fourth-order valence-electron chi connectivity index (χ4n) is 1.61. The molecule has 0 amide bonds. The van der Waals surface area contributed by atoms with E-state index in [1.807, 2.05) is 0 Å². The number of ether oxygens (including phenoxy) is 4. The first-order chi connectivity index (χ1) is 10.8. The number of halogens is 1. The molecule has 0 saturated heterocycles. The summed E-state index contributed by atoms with van der Waals surface area (Å²) >= 11 is 5.60. The summed E-state index contributed by atoms with van der Waals surface area (Å²) in [7, 11) is 1.59. The standard InChI is InChI=1S/C15H32ClNO5/c1-17(18)7-9-20-11-13-22-15-14-21-12-10-19-8-5-3-2-4-6-16/h18H,2-15H2,1H3. The van der Waals surface area contributed by atoms with Gasteiger partial charge in [-0.1, -0.05) is 12.8 Å². The van der Waals surface area contributed by atoms with E-state index in [9.17, 15) is 0 Å². The second kappa shape index (κ2) is 19.1. The molecular formula is C15H32ClNO5. The van der Waals surface area contributed by atoms with Gasteiger partial charge in [0.2, 0.25) is 0 Å². The summed E-state index contributed by atoms with van der Waals surface area (Å²) in [5.41, 5.74) is 0. The van der Waals surface area contributed by atoms with E-state index in [0.29, 0.717) is 52.8 Å². The van der Waals surface area contributed by atoms with Crippen molar-refractivity contribution < 1.29 is 24.2 Å². The van der Waals surface area contributed by atoms with Crippen LogP contribution < -0.4 is 0 Å². The van der Waals surface area contributed by atoms with Gasteiger partial charge in [-0.25, -0.2) is 0 Å².